The number of carboxylic acid groups (broad SMARTS) is 1. The second-order valence-electron chi connectivity index (χ2n) is 7.48. The van der Waals surface area contributed by atoms with Gasteiger partial charge in [-0.1, -0.05) is 44.2 Å². The van der Waals surface area contributed by atoms with Crippen molar-refractivity contribution < 1.29 is 19.5 Å². The Bertz CT molecular complexity index is 907. The molecule has 0 spiro atoms. The second kappa shape index (κ2) is 8.25. The number of carboxylic acids is 1. The third kappa shape index (κ3) is 4.39. The number of amides is 2. The molecule has 2 aromatic carbocycles. The van der Waals surface area contributed by atoms with E-state index in [-0.39, 0.29) is 23.3 Å². The van der Waals surface area contributed by atoms with Gasteiger partial charge in [0.15, 0.2) is 0 Å². The maximum absolute atomic E-state index is 13.0. The van der Waals surface area contributed by atoms with Gasteiger partial charge in [0.05, 0.1) is 5.56 Å². The largest absolute Gasteiger partial charge is 0.478 e. The van der Waals surface area contributed by atoms with Crippen molar-refractivity contribution in [3.8, 4) is 0 Å². The lowest BCUT2D eigenvalue weighted by molar-refractivity contribution is -0.140. The summed E-state index contributed by atoms with van der Waals surface area (Å²) in [6.45, 7) is 4.35. The van der Waals surface area contributed by atoms with E-state index in [1.54, 1.807) is 17.0 Å². The van der Waals surface area contributed by atoms with Crippen LogP contribution in [0.5, 0.6) is 0 Å². The number of nitrogens with one attached hydrogen (secondary N) is 1. The molecule has 6 nitrogen and oxygen atoms in total. The number of fused-ring (bicyclic) bond motifs is 1. The summed E-state index contributed by atoms with van der Waals surface area (Å²) in [6, 6.07) is 13.3. The molecular weight excluding hydrogens is 356 g/mol. The summed E-state index contributed by atoms with van der Waals surface area (Å²) in [4.78, 5) is 38.6. The van der Waals surface area contributed by atoms with E-state index < -0.39 is 12.0 Å². The number of carbonyl (C=O) groups excluding carboxylic acids is 2. The molecule has 1 aliphatic heterocycles. The first-order valence-electron chi connectivity index (χ1n) is 9.35. The van der Waals surface area contributed by atoms with Gasteiger partial charge in [0.25, 0.3) is 0 Å². The number of carbonyl (C=O) groups is 3. The zero-order valence-corrected chi connectivity index (χ0v) is 16.0. The van der Waals surface area contributed by atoms with Gasteiger partial charge in [-0.05, 0) is 35.2 Å². The summed E-state index contributed by atoms with van der Waals surface area (Å²) in [7, 11) is 0. The van der Waals surface area contributed by atoms with E-state index in [1.165, 1.54) is 12.1 Å². The van der Waals surface area contributed by atoms with Crippen molar-refractivity contribution in [2.24, 2.45) is 5.92 Å². The normalized spacial score (nSPS) is 15.8. The molecule has 2 N–H and O–H groups in total. The molecule has 0 aromatic heterocycles. The van der Waals surface area contributed by atoms with Gasteiger partial charge in [-0.15, -0.1) is 0 Å². The van der Waals surface area contributed by atoms with Crippen LogP contribution in [0.3, 0.4) is 0 Å². The Kier molecular flexibility index (Phi) is 5.78. The minimum absolute atomic E-state index is 0.0519. The monoisotopic (exact) mass is 380 g/mol. The van der Waals surface area contributed by atoms with Gasteiger partial charge < -0.3 is 15.3 Å². The fourth-order valence-corrected chi connectivity index (χ4v) is 3.44. The van der Waals surface area contributed by atoms with Crippen molar-refractivity contribution in [2.75, 3.05) is 5.32 Å². The lowest BCUT2D eigenvalue weighted by Crippen LogP contribution is -2.50. The summed E-state index contributed by atoms with van der Waals surface area (Å²) >= 11 is 0. The van der Waals surface area contributed by atoms with Crippen molar-refractivity contribution >= 4 is 23.5 Å². The molecule has 1 heterocycles. The molecule has 0 aliphatic carbocycles. The lowest BCUT2D eigenvalue weighted by Gasteiger charge is -2.36. The minimum Gasteiger partial charge on any atom is -0.478 e. The first-order valence-corrected chi connectivity index (χ1v) is 9.35. The van der Waals surface area contributed by atoms with Crippen molar-refractivity contribution in [3.05, 3.63) is 65.2 Å². The van der Waals surface area contributed by atoms with E-state index >= 15 is 0 Å². The SMILES string of the molecule is CC(C)CC(=O)N1Cc2ccccc2CC1C(=O)Nc1cccc(C(=O)O)c1. The van der Waals surface area contributed by atoms with Crippen LogP contribution in [0, 0.1) is 5.92 Å². The maximum atomic E-state index is 13.0. The number of anilines is 1. The Morgan fingerprint density at radius 2 is 1.82 bits per heavy atom. The topological polar surface area (TPSA) is 86.7 Å². The smallest absolute Gasteiger partial charge is 0.335 e. The Balaban J connectivity index is 1.85. The molecule has 0 fully saturated rings. The summed E-state index contributed by atoms with van der Waals surface area (Å²) in [6.07, 6.45) is 0.810. The Morgan fingerprint density at radius 1 is 1.11 bits per heavy atom. The first kappa shape index (κ1) is 19.6. The highest BCUT2D eigenvalue weighted by atomic mass is 16.4. The van der Waals surface area contributed by atoms with Gasteiger partial charge in [-0.3, -0.25) is 9.59 Å². The van der Waals surface area contributed by atoms with E-state index in [4.69, 9.17) is 5.11 Å². The van der Waals surface area contributed by atoms with Crippen molar-refractivity contribution in [1.29, 1.82) is 0 Å². The van der Waals surface area contributed by atoms with Crippen LogP contribution < -0.4 is 5.32 Å². The summed E-state index contributed by atoms with van der Waals surface area (Å²) in [5.74, 6) is -1.23. The quantitative estimate of drug-likeness (QED) is 0.833. The van der Waals surface area contributed by atoms with E-state index in [2.05, 4.69) is 5.32 Å². The van der Waals surface area contributed by atoms with Gasteiger partial charge in [-0.25, -0.2) is 4.79 Å². The zero-order valence-electron chi connectivity index (χ0n) is 16.0. The highest BCUT2D eigenvalue weighted by molar-refractivity contribution is 5.98. The summed E-state index contributed by atoms with van der Waals surface area (Å²) in [5.41, 5.74) is 2.60. The molecule has 0 radical (unpaired) electrons. The highest BCUT2D eigenvalue weighted by Crippen LogP contribution is 2.26. The van der Waals surface area contributed by atoms with Gasteiger partial charge in [0, 0.05) is 25.1 Å². The minimum atomic E-state index is -1.06. The average molecular weight is 380 g/mol. The Morgan fingerprint density at radius 3 is 2.50 bits per heavy atom. The molecule has 2 amide bonds. The average Bonchev–Trinajstić information content (AvgIpc) is 2.66. The summed E-state index contributed by atoms with van der Waals surface area (Å²) < 4.78 is 0. The number of rotatable bonds is 5. The van der Waals surface area contributed by atoms with Crippen LogP contribution >= 0.6 is 0 Å². The van der Waals surface area contributed by atoms with Crippen LogP contribution in [-0.2, 0) is 22.6 Å². The maximum Gasteiger partial charge on any atom is 0.335 e. The fraction of sp³-hybridized carbons (Fsp3) is 0.318. The highest BCUT2D eigenvalue weighted by Gasteiger charge is 2.34. The third-order valence-electron chi connectivity index (χ3n) is 4.83. The number of benzene rings is 2. The van der Waals surface area contributed by atoms with Gasteiger partial charge in [0.1, 0.15) is 6.04 Å². The fourth-order valence-electron chi connectivity index (χ4n) is 3.44. The molecule has 2 aromatic rings. The lowest BCUT2D eigenvalue weighted by atomic mass is 9.92. The molecular formula is C22H24N2O4. The predicted octanol–water partition coefficient (Wildman–Crippen LogP) is 3.32. The van der Waals surface area contributed by atoms with Crippen LogP contribution in [0.4, 0.5) is 5.69 Å². The number of nitrogens with zero attached hydrogens (tertiary/aromatic N) is 1. The van der Waals surface area contributed by atoms with Crippen molar-refractivity contribution in [2.45, 2.75) is 39.3 Å². The number of hydrogen-bond acceptors (Lipinski definition) is 3. The van der Waals surface area contributed by atoms with Gasteiger partial charge in [0.2, 0.25) is 11.8 Å². The molecule has 0 saturated carbocycles. The van der Waals surface area contributed by atoms with E-state index in [0.29, 0.717) is 25.1 Å². The standard InChI is InChI=1S/C22H24N2O4/c1-14(2)10-20(25)24-13-17-7-4-3-6-15(17)12-19(24)21(26)23-18-9-5-8-16(11-18)22(27)28/h3-9,11,14,19H,10,12-13H2,1-2H3,(H,23,26)(H,27,28). The van der Waals surface area contributed by atoms with Crippen LogP contribution in [-0.4, -0.2) is 33.8 Å². The molecule has 146 valence electrons. The van der Waals surface area contributed by atoms with E-state index in [1.807, 2.05) is 38.1 Å². The van der Waals surface area contributed by atoms with Crippen molar-refractivity contribution in [1.82, 2.24) is 4.90 Å². The summed E-state index contributed by atoms with van der Waals surface area (Å²) in [5, 5.41) is 11.9. The molecule has 1 aliphatic rings. The van der Waals surface area contributed by atoms with E-state index in [0.717, 1.165) is 11.1 Å². The first-order chi connectivity index (χ1) is 13.3. The van der Waals surface area contributed by atoms with Crippen LogP contribution in [0.25, 0.3) is 0 Å². The molecule has 1 unspecified atom stereocenters. The Labute approximate surface area is 164 Å². The molecule has 0 bridgehead atoms. The molecule has 28 heavy (non-hydrogen) atoms. The molecule has 1 atom stereocenters. The van der Waals surface area contributed by atoms with Gasteiger partial charge >= 0.3 is 5.97 Å². The van der Waals surface area contributed by atoms with Crippen LogP contribution in [0.2, 0.25) is 0 Å². The molecule has 3 rings (SSSR count). The van der Waals surface area contributed by atoms with E-state index in [9.17, 15) is 14.4 Å². The Hall–Kier alpha value is -3.15. The van der Waals surface area contributed by atoms with Crippen LogP contribution in [0.1, 0.15) is 41.8 Å². The predicted molar refractivity (Wildman–Crippen MR) is 106 cm³/mol. The van der Waals surface area contributed by atoms with Crippen LogP contribution in [0.15, 0.2) is 48.5 Å². The van der Waals surface area contributed by atoms with Crippen molar-refractivity contribution in [3.63, 3.8) is 0 Å². The molecule has 0 saturated heterocycles. The third-order valence-corrected chi connectivity index (χ3v) is 4.83. The number of aromatic carboxylic acids is 1. The zero-order chi connectivity index (χ0) is 20.3. The number of hydrogen-bond donors (Lipinski definition) is 2. The van der Waals surface area contributed by atoms with Gasteiger partial charge in [-0.2, -0.15) is 0 Å². The molecule has 6 heteroatoms. The second-order valence-corrected chi connectivity index (χ2v) is 7.48.